The average Bonchev–Trinajstić information content (AvgIpc) is 2.42. The van der Waals surface area contributed by atoms with Crippen LogP contribution in [0.25, 0.3) is 0 Å². The van der Waals surface area contributed by atoms with Crippen molar-refractivity contribution in [2.45, 2.75) is 38.6 Å². The second-order valence-electron chi connectivity index (χ2n) is 4.76. The van der Waals surface area contributed by atoms with Gasteiger partial charge in [0.05, 0.1) is 10.9 Å². The van der Waals surface area contributed by atoms with Crippen LogP contribution in [-0.4, -0.2) is 38.4 Å². The van der Waals surface area contributed by atoms with E-state index in [0.29, 0.717) is 13.1 Å². The lowest BCUT2D eigenvalue weighted by Crippen LogP contribution is -2.46. The molecule has 0 saturated carbocycles. The lowest BCUT2D eigenvalue weighted by Gasteiger charge is -2.23. The van der Waals surface area contributed by atoms with Gasteiger partial charge in [0.15, 0.2) is 0 Å². The predicted octanol–water partition coefficient (Wildman–Crippen LogP) is 2.29. The molecule has 0 saturated heterocycles. The molecule has 0 radical (unpaired) electrons. The second-order valence-corrected chi connectivity index (χ2v) is 7.33. The van der Waals surface area contributed by atoms with E-state index in [1.807, 2.05) is 20.8 Å². The van der Waals surface area contributed by atoms with Crippen LogP contribution < -0.4 is 4.72 Å². The molecule has 7 heteroatoms. The molecule has 0 aliphatic carbocycles. The maximum Gasteiger partial charge on any atom is 0.241 e. The Balaban J connectivity index is 2.94. The Kier molecular flexibility index (Phi) is 6.37. The number of nitrogens with zero attached hydrogens (tertiary/aromatic N) is 1. The number of amides is 1. The maximum absolute atomic E-state index is 12.3. The smallest absolute Gasteiger partial charge is 0.241 e. The Labute approximate surface area is 134 Å². The average molecular weight is 377 g/mol. The van der Waals surface area contributed by atoms with E-state index in [9.17, 15) is 13.2 Å². The minimum absolute atomic E-state index is 0.155. The first-order valence-electron chi connectivity index (χ1n) is 6.80. The summed E-state index contributed by atoms with van der Waals surface area (Å²) in [6, 6.07) is 3.97. The van der Waals surface area contributed by atoms with E-state index in [2.05, 4.69) is 20.7 Å². The largest absolute Gasteiger partial charge is 0.342 e. The number of hydrogen-bond donors (Lipinski definition) is 1. The van der Waals surface area contributed by atoms with E-state index in [0.717, 1.165) is 10.0 Å². The predicted molar refractivity (Wildman–Crippen MR) is 86.6 cm³/mol. The number of nitrogens with one attached hydrogen (secondary N) is 1. The van der Waals surface area contributed by atoms with Crippen molar-refractivity contribution in [1.82, 2.24) is 9.62 Å². The molecule has 0 bridgehead atoms. The number of carbonyl (C=O) groups excluding carboxylic acids is 1. The Bertz CT molecular complexity index is 613. The highest BCUT2D eigenvalue weighted by Crippen LogP contribution is 2.20. The number of sulfonamides is 1. The summed E-state index contributed by atoms with van der Waals surface area (Å²) in [6.07, 6.45) is 0. The molecule has 1 N–H and O–H groups in total. The molecule has 0 heterocycles. The van der Waals surface area contributed by atoms with Gasteiger partial charge in [-0.25, -0.2) is 8.42 Å². The molecule has 0 unspecified atom stereocenters. The van der Waals surface area contributed by atoms with Crippen molar-refractivity contribution in [1.29, 1.82) is 0 Å². The number of halogens is 1. The number of rotatable bonds is 6. The van der Waals surface area contributed by atoms with Crippen molar-refractivity contribution >= 4 is 31.9 Å². The van der Waals surface area contributed by atoms with E-state index in [1.165, 1.54) is 6.07 Å². The third-order valence-corrected chi connectivity index (χ3v) is 5.65. The standard InChI is InChI=1S/C14H21BrN2O3S/c1-5-17(6-2)14(18)11(4)16-21(19,20)12-7-8-13(15)10(3)9-12/h7-9,11,16H,5-6H2,1-4H3/t11-/m1/s1. The zero-order valence-corrected chi connectivity index (χ0v) is 15.1. The van der Waals surface area contributed by atoms with Gasteiger partial charge in [0.25, 0.3) is 0 Å². The fraction of sp³-hybridized carbons (Fsp3) is 0.500. The summed E-state index contributed by atoms with van der Waals surface area (Å²) in [5.41, 5.74) is 0.820. The van der Waals surface area contributed by atoms with Crippen LogP contribution in [0.3, 0.4) is 0 Å². The van der Waals surface area contributed by atoms with Gasteiger partial charge >= 0.3 is 0 Å². The van der Waals surface area contributed by atoms with Crippen LogP contribution >= 0.6 is 15.9 Å². The minimum Gasteiger partial charge on any atom is -0.342 e. The van der Waals surface area contributed by atoms with Crippen LogP contribution in [0.4, 0.5) is 0 Å². The van der Waals surface area contributed by atoms with Gasteiger partial charge in [-0.1, -0.05) is 15.9 Å². The first-order chi connectivity index (χ1) is 9.72. The molecule has 0 spiro atoms. The fourth-order valence-corrected chi connectivity index (χ4v) is 3.47. The summed E-state index contributed by atoms with van der Waals surface area (Å²) >= 11 is 3.33. The lowest BCUT2D eigenvalue weighted by molar-refractivity contribution is -0.132. The molecule has 0 aliphatic rings. The Morgan fingerprint density at radius 3 is 2.38 bits per heavy atom. The molecule has 1 amide bonds. The summed E-state index contributed by atoms with van der Waals surface area (Å²) in [6.45, 7) is 8.20. The molecule has 0 fully saturated rings. The summed E-state index contributed by atoms with van der Waals surface area (Å²) in [5.74, 6) is -0.225. The normalized spacial score (nSPS) is 13.0. The van der Waals surface area contributed by atoms with E-state index < -0.39 is 16.1 Å². The van der Waals surface area contributed by atoms with Crippen molar-refractivity contribution in [3.63, 3.8) is 0 Å². The van der Waals surface area contributed by atoms with Gasteiger partial charge in [0.1, 0.15) is 0 Å². The summed E-state index contributed by atoms with van der Waals surface area (Å²) in [4.78, 5) is 13.9. The third-order valence-electron chi connectivity index (χ3n) is 3.22. The number of carbonyl (C=O) groups is 1. The molecule has 0 aromatic heterocycles. The second kappa shape index (κ2) is 7.38. The topological polar surface area (TPSA) is 66.5 Å². The van der Waals surface area contributed by atoms with Crippen molar-refractivity contribution in [2.75, 3.05) is 13.1 Å². The van der Waals surface area contributed by atoms with Crippen LogP contribution in [0.15, 0.2) is 27.6 Å². The Hall–Kier alpha value is -0.920. The van der Waals surface area contributed by atoms with Gasteiger partial charge in [-0.15, -0.1) is 0 Å². The van der Waals surface area contributed by atoms with E-state index in [-0.39, 0.29) is 10.8 Å². The Morgan fingerprint density at radius 2 is 1.90 bits per heavy atom. The van der Waals surface area contributed by atoms with E-state index in [4.69, 9.17) is 0 Å². The number of aryl methyl sites for hydroxylation is 1. The van der Waals surface area contributed by atoms with Crippen LogP contribution in [-0.2, 0) is 14.8 Å². The zero-order chi connectivity index (χ0) is 16.2. The van der Waals surface area contributed by atoms with E-state index >= 15 is 0 Å². The number of benzene rings is 1. The molecule has 0 aliphatic heterocycles. The van der Waals surface area contributed by atoms with E-state index in [1.54, 1.807) is 24.0 Å². The molecular formula is C14H21BrN2O3S. The van der Waals surface area contributed by atoms with Crippen LogP contribution in [0.2, 0.25) is 0 Å². The lowest BCUT2D eigenvalue weighted by atomic mass is 10.2. The third kappa shape index (κ3) is 4.52. The van der Waals surface area contributed by atoms with Gasteiger partial charge in [-0.3, -0.25) is 4.79 Å². The molecule has 118 valence electrons. The highest BCUT2D eigenvalue weighted by molar-refractivity contribution is 9.10. The van der Waals surface area contributed by atoms with Crippen molar-refractivity contribution in [3.05, 3.63) is 28.2 Å². The van der Waals surface area contributed by atoms with Gasteiger partial charge in [-0.2, -0.15) is 4.72 Å². The number of likely N-dealkylation sites (N-methyl/N-ethyl adjacent to an activating group) is 1. The van der Waals surface area contributed by atoms with Crippen molar-refractivity contribution in [3.8, 4) is 0 Å². The molecule has 1 atom stereocenters. The van der Waals surface area contributed by atoms with Crippen LogP contribution in [0.1, 0.15) is 26.3 Å². The summed E-state index contributed by atoms with van der Waals surface area (Å²) in [7, 11) is -3.71. The number of hydrogen-bond acceptors (Lipinski definition) is 3. The van der Waals surface area contributed by atoms with Crippen LogP contribution in [0, 0.1) is 6.92 Å². The molecule has 1 aromatic rings. The maximum atomic E-state index is 12.3. The quantitative estimate of drug-likeness (QED) is 0.827. The monoisotopic (exact) mass is 376 g/mol. The van der Waals surface area contributed by atoms with Gasteiger partial charge < -0.3 is 4.90 Å². The highest BCUT2D eigenvalue weighted by atomic mass is 79.9. The molecule has 1 rings (SSSR count). The summed E-state index contributed by atoms with van der Waals surface area (Å²) in [5, 5.41) is 0. The van der Waals surface area contributed by atoms with Gasteiger partial charge in [0, 0.05) is 17.6 Å². The first kappa shape index (κ1) is 18.1. The first-order valence-corrected chi connectivity index (χ1v) is 9.07. The van der Waals surface area contributed by atoms with Gasteiger partial charge in [-0.05, 0) is 51.5 Å². The van der Waals surface area contributed by atoms with Gasteiger partial charge in [0.2, 0.25) is 15.9 Å². The van der Waals surface area contributed by atoms with Crippen LogP contribution in [0.5, 0.6) is 0 Å². The fourth-order valence-electron chi connectivity index (χ4n) is 1.94. The summed E-state index contributed by atoms with van der Waals surface area (Å²) < 4.78 is 27.9. The zero-order valence-electron chi connectivity index (χ0n) is 12.7. The van der Waals surface area contributed by atoms with Crippen molar-refractivity contribution < 1.29 is 13.2 Å². The minimum atomic E-state index is -3.71. The molecular weight excluding hydrogens is 356 g/mol. The molecule has 1 aromatic carbocycles. The highest BCUT2D eigenvalue weighted by Gasteiger charge is 2.24. The molecule has 5 nitrogen and oxygen atoms in total. The molecule has 21 heavy (non-hydrogen) atoms. The Morgan fingerprint density at radius 1 is 1.33 bits per heavy atom. The van der Waals surface area contributed by atoms with Crippen molar-refractivity contribution in [2.24, 2.45) is 0 Å². The SMILES string of the molecule is CCN(CC)C(=O)[C@@H](C)NS(=O)(=O)c1ccc(Br)c(C)c1.